The molecule has 0 aliphatic carbocycles. The number of ether oxygens (including phenoxy) is 2. The van der Waals surface area contributed by atoms with Gasteiger partial charge in [-0.15, -0.1) is 0 Å². The van der Waals surface area contributed by atoms with Gasteiger partial charge in [-0.1, -0.05) is 13.8 Å². The summed E-state index contributed by atoms with van der Waals surface area (Å²) in [4.78, 5) is 23.9. The Morgan fingerprint density at radius 3 is 2.58 bits per heavy atom. The van der Waals surface area contributed by atoms with Crippen molar-refractivity contribution < 1.29 is 19.1 Å². The number of nitrogens with one attached hydrogen (secondary N) is 2. The molecule has 3 atom stereocenters. The Morgan fingerprint density at radius 1 is 1.37 bits per heavy atom. The summed E-state index contributed by atoms with van der Waals surface area (Å²) in [6.45, 7) is 4.89. The maximum Gasteiger partial charge on any atom is 0.328 e. The summed E-state index contributed by atoms with van der Waals surface area (Å²) >= 11 is 0. The first-order valence-corrected chi connectivity index (χ1v) is 6.62. The Hall–Kier alpha value is -1.14. The van der Waals surface area contributed by atoms with Crippen molar-refractivity contribution in [2.75, 3.05) is 27.4 Å². The Labute approximate surface area is 114 Å². The van der Waals surface area contributed by atoms with Crippen molar-refractivity contribution in [1.29, 1.82) is 0 Å². The van der Waals surface area contributed by atoms with Crippen LogP contribution in [0.2, 0.25) is 0 Å². The summed E-state index contributed by atoms with van der Waals surface area (Å²) in [7, 11) is 3.13. The van der Waals surface area contributed by atoms with E-state index < -0.39 is 12.0 Å². The monoisotopic (exact) mass is 272 g/mol. The number of rotatable bonds is 6. The van der Waals surface area contributed by atoms with Crippen LogP contribution < -0.4 is 10.6 Å². The van der Waals surface area contributed by atoms with Gasteiger partial charge in [0.1, 0.15) is 6.04 Å². The minimum Gasteiger partial charge on any atom is -0.467 e. The molecule has 0 aromatic carbocycles. The van der Waals surface area contributed by atoms with Gasteiger partial charge < -0.3 is 20.1 Å². The highest BCUT2D eigenvalue weighted by Gasteiger charge is 2.35. The number of methoxy groups -OCH3 is 1. The Morgan fingerprint density at radius 2 is 2.05 bits per heavy atom. The molecule has 0 aromatic rings. The van der Waals surface area contributed by atoms with Crippen LogP contribution in [0.5, 0.6) is 0 Å². The summed E-state index contributed by atoms with van der Waals surface area (Å²) in [5.74, 6) is -0.525. The second-order valence-electron chi connectivity index (χ2n) is 5.25. The third kappa shape index (κ3) is 4.47. The molecule has 1 fully saturated rings. The van der Waals surface area contributed by atoms with Crippen molar-refractivity contribution in [3.8, 4) is 0 Å². The van der Waals surface area contributed by atoms with Gasteiger partial charge in [0.15, 0.2) is 0 Å². The van der Waals surface area contributed by atoms with Gasteiger partial charge in [0, 0.05) is 6.04 Å². The van der Waals surface area contributed by atoms with E-state index in [2.05, 4.69) is 10.6 Å². The van der Waals surface area contributed by atoms with E-state index in [4.69, 9.17) is 9.47 Å². The van der Waals surface area contributed by atoms with E-state index in [1.165, 1.54) is 7.11 Å². The fourth-order valence-corrected chi connectivity index (χ4v) is 2.20. The van der Waals surface area contributed by atoms with E-state index in [9.17, 15) is 9.59 Å². The van der Waals surface area contributed by atoms with Crippen molar-refractivity contribution in [3.63, 3.8) is 0 Å². The molecule has 19 heavy (non-hydrogen) atoms. The molecule has 0 saturated carbocycles. The smallest absolute Gasteiger partial charge is 0.328 e. The molecule has 0 bridgehead atoms. The molecule has 1 rings (SSSR count). The topological polar surface area (TPSA) is 76.7 Å². The molecular weight excluding hydrogens is 248 g/mol. The van der Waals surface area contributed by atoms with Gasteiger partial charge in [-0.2, -0.15) is 0 Å². The molecule has 0 aromatic heterocycles. The van der Waals surface area contributed by atoms with Gasteiger partial charge in [-0.25, -0.2) is 4.79 Å². The van der Waals surface area contributed by atoms with Crippen LogP contribution in [0.3, 0.4) is 0 Å². The van der Waals surface area contributed by atoms with Crippen LogP contribution in [0.25, 0.3) is 0 Å². The maximum atomic E-state index is 12.2. The van der Waals surface area contributed by atoms with E-state index in [0.717, 1.165) is 0 Å². The molecule has 1 aliphatic rings. The predicted molar refractivity (Wildman–Crippen MR) is 70.6 cm³/mol. The second-order valence-corrected chi connectivity index (χ2v) is 5.25. The first-order chi connectivity index (χ1) is 8.99. The van der Waals surface area contributed by atoms with Gasteiger partial charge >= 0.3 is 5.97 Å². The third-order valence-corrected chi connectivity index (χ3v) is 3.30. The lowest BCUT2D eigenvalue weighted by Gasteiger charge is -2.22. The summed E-state index contributed by atoms with van der Waals surface area (Å²) in [5.41, 5.74) is 0. The fraction of sp³-hybridized carbons (Fsp3) is 0.846. The zero-order chi connectivity index (χ0) is 14.4. The number of esters is 1. The van der Waals surface area contributed by atoms with Crippen LogP contribution in [-0.2, 0) is 19.1 Å². The standard InChI is InChI=1S/C13H24N2O4/c1-8(2)5-10(13(17)18-4)15-12(16)9-6-19-7-11(9)14-3/h8-11,14H,5-7H2,1-4H3,(H,15,16)/t9?,10-,11?/m0/s1. The Balaban J connectivity index is 2.62. The lowest BCUT2D eigenvalue weighted by Crippen LogP contribution is -2.49. The molecule has 1 saturated heterocycles. The summed E-state index contributed by atoms with van der Waals surface area (Å²) in [6, 6.07) is -0.590. The van der Waals surface area contributed by atoms with Crippen LogP contribution >= 0.6 is 0 Å². The molecule has 2 unspecified atom stereocenters. The zero-order valence-electron chi connectivity index (χ0n) is 12.1. The molecule has 0 spiro atoms. The minimum absolute atomic E-state index is 0.00246. The molecule has 2 N–H and O–H groups in total. The average molecular weight is 272 g/mol. The second kappa shape index (κ2) is 7.45. The van der Waals surface area contributed by atoms with Gasteiger partial charge in [0.25, 0.3) is 0 Å². The molecular formula is C13H24N2O4. The maximum absolute atomic E-state index is 12.2. The summed E-state index contributed by atoms with van der Waals surface area (Å²) in [5, 5.41) is 5.82. The molecule has 0 radical (unpaired) electrons. The first-order valence-electron chi connectivity index (χ1n) is 6.62. The van der Waals surface area contributed by atoms with Crippen molar-refractivity contribution in [2.24, 2.45) is 11.8 Å². The van der Waals surface area contributed by atoms with Crippen LogP contribution in [0.15, 0.2) is 0 Å². The highest BCUT2D eigenvalue weighted by molar-refractivity contribution is 5.86. The highest BCUT2D eigenvalue weighted by atomic mass is 16.5. The molecule has 6 nitrogen and oxygen atoms in total. The predicted octanol–water partition coefficient (Wildman–Crippen LogP) is -0.0753. The third-order valence-electron chi connectivity index (χ3n) is 3.30. The number of hydrogen-bond donors (Lipinski definition) is 2. The molecule has 1 amide bonds. The zero-order valence-corrected chi connectivity index (χ0v) is 12.1. The lowest BCUT2D eigenvalue weighted by molar-refractivity contribution is -0.146. The number of amides is 1. The lowest BCUT2D eigenvalue weighted by atomic mass is 10.00. The van der Waals surface area contributed by atoms with E-state index in [0.29, 0.717) is 25.6 Å². The number of hydrogen-bond acceptors (Lipinski definition) is 5. The van der Waals surface area contributed by atoms with Crippen molar-refractivity contribution in [2.45, 2.75) is 32.4 Å². The number of carbonyl (C=O) groups is 2. The Bertz CT molecular complexity index is 320. The van der Waals surface area contributed by atoms with Gasteiger partial charge in [0.05, 0.1) is 26.2 Å². The van der Waals surface area contributed by atoms with Crippen molar-refractivity contribution >= 4 is 11.9 Å². The minimum atomic E-state index is -0.587. The van der Waals surface area contributed by atoms with E-state index in [-0.39, 0.29) is 17.9 Å². The van der Waals surface area contributed by atoms with Crippen LogP contribution in [0.1, 0.15) is 20.3 Å². The average Bonchev–Trinajstić information content (AvgIpc) is 2.84. The van der Waals surface area contributed by atoms with Crippen LogP contribution in [0.4, 0.5) is 0 Å². The van der Waals surface area contributed by atoms with Gasteiger partial charge in [-0.3, -0.25) is 4.79 Å². The molecule has 1 aliphatic heterocycles. The van der Waals surface area contributed by atoms with Crippen molar-refractivity contribution in [1.82, 2.24) is 10.6 Å². The largest absolute Gasteiger partial charge is 0.467 e. The highest BCUT2D eigenvalue weighted by Crippen LogP contribution is 2.15. The SMILES string of the molecule is CNC1COCC1C(=O)N[C@@H](CC(C)C)C(=O)OC. The molecule has 1 heterocycles. The van der Waals surface area contributed by atoms with Crippen LogP contribution in [0, 0.1) is 11.8 Å². The summed E-state index contributed by atoms with van der Waals surface area (Å²) in [6.07, 6.45) is 0.566. The first kappa shape index (κ1) is 15.9. The van der Waals surface area contributed by atoms with Gasteiger partial charge in [-0.05, 0) is 19.4 Å². The van der Waals surface area contributed by atoms with Crippen LogP contribution in [-0.4, -0.2) is 51.3 Å². The fourth-order valence-electron chi connectivity index (χ4n) is 2.20. The number of carbonyl (C=O) groups excluding carboxylic acids is 2. The summed E-state index contributed by atoms with van der Waals surface area (Å²) < 4.78 is 10.0. The quantitative estimate of drug-likeness (QED) is 0.662. The van der Waals surface area contributed by atoms with E-state index in [1.54, 1.807) is 7.05 Å². The molecule has 6 heteroatoms. The number of likely N-dealkylation sites (N-methyl/N-ethyl adjacent to an activating group) is 1. The normalized spacial score (nSPS) is 24.3. The molecule has 110 valence electrons. The van der Waals surface area contributed by atoms with Gasteiger partial charge in [0.2, 0.25) is 5.91 Å². The Kier molecular flexibility index (Phi) is 6.24. The van der Waals surface area contributed by atoms with E-state index in [1.807, 2.05) is 13.8 Å². The van der Waals surface area contributed by atoms with Crippen molar-refractivity contribution in [3.05, 3.63) is 0 Å². The van der Waals surface area contributed by atoms with E-state index >= 15 is 0 Å².